The summed E-state index contributed by atoms with van der Waals surface area (Å²) >= 11 is 0. The molecular weight excluding hydrogens is 441 g/mol. The SMILES string of the molecule is Cc1nc2cnc(N)c(C#Cc3cncc(C(=O)Nc4nnc(C(F)(F)F)o4)c3)c2nc1C. The first-order valence-corrected chi connectivity index (χ1v) is 9.20. The average Bonchev–Trinajstić information content (AvgIpc) is 3.24. The third-order valence-corrected chi connectivity index (χ3v) is 4.37. The number of nitrogens with zero attached hydrogens (tertiary/aromatic N) is 6. The minimum atomic E-state index is -4.83. The molecule has 33 heavy (non-hydrogen) atoms. The minimum Gasteiger partial charge on any atom is -0.399 e. The first-order chi connectivity index (χ1) is 15.6. The Bertz CT molecular complexity index is 1450. The van der Waals surface area contributed by atoms with Crippen molar-refractivity contribution in [2.45, 2.75) is 20.0 Å². The van der Waals surface area contributed by atoms with E-state index in [0.29, 0.717) is 27.9 Å². The van der Waals surface area contributed by atoms with Crippen LogP contribution in [0.2, 0.25) is 0 Å². The Labute approximate surface area is 183 Å². The van der Waals surface area contributed by atoms with Crippen LogP contribution in [0.25, 0.3) is 11.0 Å². The summed E-state index contributed by atoms with van der Waals surface area (Å²) in [5.41, 5.74) is 9.14. The van der Waals surface area contributed by atoms with E-state index in [1.165, 1.54) is 24.7 Å². The number of hydrogen-bond acceptors (Lipinski definition) is 9. The van der Waals surface area contributed by atoms with Crippen molar-refractivity contribution in [3.63, 3.8) is 0 Å². The summed E-state index contributed by atoms with van der Waals surface area (Å²) in [6.07, 6.45) is -0.725. The number of aromatic nitrogens is 6. The van der Waals surface area contributed by atoms with E-state index in [2.05, 4.69) is 51.7 Å². The standard InChI is InChI=1S/C20H13F3N8O2/c1-9-10(2)28-15-13(16(24)26-8-14(15)27-9)4-3-11-5-12(7-25-6-11)17(32)29-19-31-30-18(33-19)20(21,22)23/h5-8H,1-2H3,(H2,24,26)(H,29,31,32). The summed E-state index contributed by atoms with van der Waals surface area (Å²) in [5, 5.41) is 8.06. The smallest absolute Gasteiger partial charge is 0.399 e. The van der Waals surface area contributed by atoms with Crippen LogP contribution >= 0.6 is 0 Å². The van der Waals surface area contributed by atoms with E-state index in [0.717, 1.165) is 5.69 Å². The molecule has 0 atom stereocenters. The Kier molecular flexibility index (Phi) is 5.34. The van der Waals surface area contributed by atoms with Gasteiger partial charge >= 0.3 is 18.1 Å². The number of nitrogens with two attached hydrogens (primary N) is 1. The van der Waals surface area contributed by atoms with Gasteiger partial charge in [-0.1, -0.05) is 16.9 Å². The molecule has 166 valence electrons. The number of nitrogen functional groups attached to an aromatic ring is 1. The van der Waals surface area contributed by atoms with Gasteiger partial charge in [0.25, 0.3) is 5.91 Å². The lowest BCUT2D eigenvalue weighted by molar-refractivity contribution is -0.156. The highest BCUT2D eigenvalue weighted by Crippen LogP contribution is 2.28. The maximum Gasteiger partial charge on any atom is 0.470 e. The van der Waals surface area contributed by atoms with E-state index in [-0.39, 0.29) is 11.4 Å². The molecule has 13 heteroatoms. The summed E-state index contributed by atoms with van der Waals surface area (Å²) in [5.74, 6) is 3.47. The molecule has 3 N–H and O–H groups in total. The molecule has 0 aliphatic rings. The summed E-state index contributed by atoms with van der Waals surface area (Å²) in [6, 6.07) is 0.675. The lowest BCUT2D eigenvalue weighted by atomic mass is 10.1. The molecule has 0 spiro atoms. The average molecular weight is 454 g/mol. The summed E-state index contributed by atoms with van der Waals surface area (Å²) in [4.78, 5) is 29.3. The molecule has 0 saturated heterocycles. The Morgan fingerprint density at radius 1 is 1.09 bits per heavy atom. The molecule has 0 unspecified atom stereocenters. The van der Waals surface area contributed by atoms with Crippen LogP contribution in [0, 0.1) is 25.7 Å². The van der Waals surface area contributed by atoms with Crippen LogP contribution < -0.4 is 11.1 Å². The first kappa shape index (κ1) is 21.6. The Morgan fingerprint density at radius 3 is 2.58 bits per heavy atom. The van der Waals surface area contributed by atoms with Gasteiger partial charge in [0.2, 0.25) is 0 Å². The molecule has 0 saturated carbocycles. The van der Waals surface area contributed by atoms with Crippen LogP contribution in [0.5, 0.6) is 0 Å². The van der Waals surface area contributed by atoms with E-state index in [1.54, 1.807) is 0 Å². The molecule has 1 amide bonds. The fourth-order valence-electron chi connectivity index (χ4n) is 2.66. The molecule has 0 bridgehead atoms. The van der Waals surface area contributed by atoms with E-state index < -0.39 is 24.0 Å². The number of amides is 1. The summed E-state index contributed by atoms with van der Waals surface area (Å²) in [7, 11) is 0. The number of nitrogens with one attached hydrogen (secondary N) is 1. The van der Waals surface area contributed by atoms with Crippen LogP contribution in [0.1, 0.15) is 38.8 Å². The van der Waals surface area contributed by atoms with Gasteiger partial charge in [-0.15, -0.1) is 5.10 Å². The van der Waals surface area contributed by atoms with Crippen molar-refractivity contribution in [2.75, 3.05) is 11.1 Å². The molecule has 10 nitrogen and oxygen atoms in total. The Hall–Kier alpha value is -4.60. The van der Waals surface area contributed by atoms with Crippen LogP contribution in [0.3, 0.4) is 0 Å². The topological polar surface area (TPSA) is 146 Å². The molecule has 0 aliphatic carbocycles. The second-order valence-corrected chi connectivity index (χ2v) is 6.72. The maximum atomic E-state index is 12.6. The number of alkyl halides is 3. The number of carbonyl (C=O) groups excluding carboxylic acids is 1. The van der Waals surface area contributed by atoms with Gasteiger partial charge in [-0.05, 0) is 19.9 Å². The number of fused-ring (bicyclic) bond motifs is 1. The van der Waals surface area contributed by atoms with E-state index in [4.69, 9.17) is 5.73 Å². The van der Waals surface area contributed by atoms with Gasteiger partial charge in [0, 0.05) is 18.0 Å². The third kappa shape index (κ3) is 4.54. The minimum absolute atomic E-state index is 0.00355. The largest absolute Gasteiger partial charge is 0.470 e. The highest BCUT2D eigenvalue weighted by molar-refractivity contribution is 6.03. The third-order valence-electron chi connectivity index (χ3n) is 4.37. The van der Waals surface area contributed by atoms with Crippen molar-refractivity contribution >= 4 is 28.8 Å². The lowest BCUT2D eigenvalue weighted by Crippen LogP contribution is -2.12. The maximum absolute atomic E-state index is 12.6. The highest BCUT2D eigenvalue weighted by Gasteiger charge is 2.38. The van der Waals surface area contributed by atoms with E-state index in [1.807, 2.05) is 13.8 Å². The fraction of sp³-hybridized carbons (Fsp3) is 0.150. The zero-order valence-corrected chi connectivity index (χ0v) is 17.0. The zero-order valence-electron chi connectivity index (χ0n) is 17.0. The number of hydrogen-bond donors (Lipinski definition) is 2. The van der Waals surface area contributed by atoms with Crippen molar-refractivity contribution < 1.29 is 22.4 Å². The van der Waals surface area contributed by atoms with Crippen LogP contribution in [0.4, 0.5) is 25.0 Å². The molecule has 0 radical (unpaired) electrons. The monoisotopic (exact) mass is 454 g/mol. The molecule has 4 aromatic rings. The van der Waals surface area contributed by atoms with Gasteiger partial charge in [-0.3, -0.25) is 15.1 Å². The van der Waals surface area contributed by atoms with Crippen LogP contribution in [-0.2, 0) is 6.18 Å². The Morgan fingerprint density at radius 2 is 1.85 bits per heavy atom. The second-order valence-electron chi connectivity index (χ2n) is 6.72. The molecule has 0 aromatic carbocycles. The number of halogens is 3. The lowest BCUT2D eigenvalue weighted by Gasteiger charge is -2.05. The van der Waals surface area contributed by atoms with Gasteiger partial charge in [0.15, 0.2) is 0 Å². The number of rotatable bonds is 2. The quantitative estimate of drug-likeness (QED) is 0.437. The van der Waals surface area contributed by atoms with Crippen molar-refractivity contribution in [1.29, 1.82) is 0 Å². The van der Waals surface area contributed by atoms with Crippen molar-refractivity contribution in [1.82, 2.24) is 30.1 Å². The van der Waals surface area contributed by atoms with Crippen LogP contribution in [-0.4, -0.2) is 36.0 Å². The predicted octanol–water partition coefficient (Wildman–Crippen LogP) is 2.67. The zero-order chi connectivity index (χ0) is 23.8. The van der Waals surface area contributed by atoms with Gasteiger partial charge in [0.1, 0.15) is 16.9 Å². The number of anilines is 2. The predicted molar refractivity (Wildman–Crippen MR) is 109 cm³/mol. The van der Waals surface area contributed by atoms with Crippen molar-refractivity contribution in [3.8, 4) is 11.8 Å². The van der Waals surface area contributed by atoms with Gasteiger partial charge in [0.05, 0.1) is 28.7 Å². The van der Waals surface area contributed by atoms with Crippen LogP contribution in [0.15, 0.2) is 29.1 Å². The van der Waals surface area contributed by atoms with Gasteiger partial charge in [-0.25, -0.2) is 15.0 Å². The number of carbonyl (C=O) groups is 1. The number of pyridine rings is 2. The summed E-state index contributed by atoms with van der Waals surface area (Å²) in [6.45, 7) is 3.63. The van der Waals surface area contributed by atoms with E-state index >= 15 is 0 Å². The summed E-state index contributed by atoms with van der Waals surface area (Å²) < 4.78 is 42.0. The highest BCUT2D eigenvalue weighted by atomic mass is 19.4. The molecule has 4 rings (SSSR count). The normalized spacial score (nSPS) is 11.2. The number of aryl methyl sites for hydroxylation is 2. The molecule has 4 heterocycles. The molecule has 0 aliphatic heterocycles. The molecule has 0 fully saturated rings. The second kappa shape index (κ2) is 8.15. The first-order valence-electron chi connectivity index (χ1n) is 9.20. The molecule has 4 aromatic heterocycles. The molecular formula is C20H13F3N8O2. The van der Waals surface area contributed by atoms with Gasteiger partial charge < -0.3 is 10.2 Å². The van der Waals surface area contributed by atoms with E-state index in [9.17, 15) is 18.0 Å². The Balaban J connectivity index is 1.61. The fourth-order valence-corrected chi connectivity index (χ4v) is 2.66. The van der Waals surface area contributed by atoms with Gasteiger partial charge in [-0.2, -0.15) is 13.2 Å². The van der Waals surface area contributed by atoms with Crippen molar-refractivity contribution in [2.24, 2.45) is 0 Å². The van der Waals surface area contributed by atoms with Crippen molar-refractivity contribution in [3.05, 3.63) is 58.6 Å².